The van der Waals surface area contributed by atoms with Gasteiger partial charge in [-0.15, -0.1) is 0 Å². The molecule has 1 unspecified atom stereocenters. The quantitative estimate of drug-likeness (QED) is 0.755. The molecule has 1 aromatic carbocycles. The normalized spacial score (nSPS) is 12.8. The maximum Gasteiger partial charge on any atom is 0.137 e. The van der Waals surface area contributed by atoms with Crippen molar-refractivity contribution in [3.8, 4) is 11.8 Å². The molecule has 2 N–H and O–H groups in total. The molecule has 0 aliphatic heterocycles. The lowest BCUT2D eigenvalue weighted by atomic mass is 9.89. The van der Waals surface area contributed by atoms with E-state index in [4.69, 9.17) is 27.3 Å². The van der Waals surface area contributed by atoms with E-state index in [1.54, 1.807) is 0 Å². The molecule has 0 spiro atoms. The summed E-state index contributed by atoms with van der Waals surface area (Å²) in [6.07, 6.45) is 2.76. The minimum Gasteiger partial charge on any atom is -0.492 e. The first-order valence-corrected chi connectivity index (χ1v) is 7.32. The second kappa shape index (κ2) is 7.52. The van der Waals surface area contributed by atoms with Crippen molar-refractivity contribution in [3.63, 3.8) is 0 Å². The zero-order valence-electron chi connectivity index (χ0n) is 12.4. The second-order valence-corrected chi connectivity index (χ2v) is 6.19. The van der Waals surface area contributed by atoms with E-state index in [-0.39, 0.29) is 11.5 Å². The molecule has 110 valence electrons. The molecule has 1 aromatic rings. The second-order valence-electron chi connectivity index (χ2n) is 5.78. The van der Waals surface area contributed by atoms with Crippen LogP contribution in [0, 0.1) is 16.7 Å². The molecule has 0 amide bonds. The molecular weight excluding hydrogens is 272 g/mol. The summed E-state index contributed by atoms with van der Waals surface area (Å²) in [5.41, 5.74) is 6.55. The van der Waals surface area contributed by atoms with Crippen LogP contribution in [0.4, 0.5) is 0 Å². The van der Waals surface area contributed by atoms with Gasteiger partial charge in [0.1, 0.15) is 5.75 Å². The fourth-order valence-corrected chi connectivity index (χ4v) is 2.07. The number of benzene rings is 1. The third-order valence-electron chi connectivity index (χ3n) is 3.24. The van der Waals surface area contributed by atoms with Crippen LogP contribution >= 0.6 is 11.6 Å². The van der Waals surface area contributed by atoms with Crippen LogP contribution in [0.2, 0.25) is 5.02 Å². The van der Waals surface area contributed by atoms with E-state index in [0.717, 1.165) is 24.8 Å². The Kier molecular flexibility index (Phi) is 6.32. The molecule has 20 heavy (non-hydrogen) atoms. The monoisotopic (exact) mass is 294 g/mol. The number of unbranched alkanes of at least 4 members (excludes halogenated alkanes) is 1. The largest absolute Gasteiger partial charge is 0.492 e. The Morgan fingerprint density at radius 1 is 1.40 bits per heavy atom. The third-order valence-corrected chi connectivity index (χ3v) is 3.53. The number of hydrogen-bond acceptors (Lipinski definition) is 3. The van der Waals surface area contributed by atoms with Gasteiger partial charge < -0.3 is 10.5 Å². The van der Waals surface area contributed by atoms with Crippen molar-refractivity contribution < 1.29 is 4.74 Å². The first kappa shape index (κ1) is 16.8. The predicted octanol–water partition coefficient (Wildman–Crippen LogP) is 4.46. The van der Waals surface area contributed by atoms with Gasteiger partial charge in [-0.2, -0.15) is 5.26 Å². The van der Waals surface area contributed by atoms with Crippen molar-refractivity contribution in [1.29, 1.82) is 5.26 Å². The smallest absolute Gasteiger partial charge is 0.137 e. The van der Waals surface area contributed by atoms with Crippen molar-refractivity contribution >= 4 is 11.6 Å². The highest BCUT2D eigenvalue weighted by Crippen LogP contribution is 2.28. The highest BCUT2D eigenvalue weighted by Gasteiger charge is 2.15. The molecule has 0 aliphatic carbocycles. The van der Waals surface area contributed by atoms with Gasteiger partial charge in [-0.25, -0.2) is 0 Å². The lowest BCUT2D eigenvalue weighted by molar-refractivity contribution is 0.295. The number of nitrogens with zero attached hydrogens (tertiary/aromatic N) is 1. The Hall–Kier alpha value is -1.24. The maximum atomic E-state index is 8.93. The highest BCUT2D eigenvalue weighted by molar-refractivity contribution is 6.32. The molecule has 3 nitrogen and oxygen atoms in total. The van der Waals surface area contributed by atoms with E-state index in [1.165, 1.54) is 0 Å². The van der Waals surface area contributed by atoms with Gasteiger partial charge in [0.05, 0.1) is 23.1 Å². The van der Waals surface area contributed by atoms with Gasteiger partial charge in [-0.05, 0) is 57.7 Å². The minimum atomic E-state index is -0.253. The SMILES string of the molecule is CC(N)c1ccc(OCCCCC(C)(C)C#N)c(Cl)c1. The summed E-state index contributed by atoms with van der Waals surface area (Å²) in [5.74, 6) is 0.690. The molecule has 0 fully saturated rings. The van der Waals surface area contributed by atoms with Gasteiger partial charge in [0.25, 0.3) is 0 Å². The van der Waals surface area contributed by atoms with Crippen molar-refractivity contribution in [2.24, 2.45) is 11.1 Å². The van der Waals surface area contributed by atoms with Crippen LogP contribution < -0.4 is 10.5 Å². The average molecular weight is 295 g/mol. The number of halogens is 1. The lowest BCUT2D eigenvalue weighted by Crippen LogP contribution is -2.08. The number of nitriles is 1. The molecule has 1 atom stereocenters. The van der Waals surface area contributed by atoms with Gasteiger partial charge in [-0.1, -0.05) is 17.7 Å². The van der Waals surface area contributed by atoms with Crippen LogP contribution in [-0.2, 0) is 0 Å². The molecule has 1 rings (SSSR count). The Labute approximate surface area is 126 Å². The summed E-state index contributed by atoms with van der Waals surface area (Å²) in [7, 11) is 0. The molecular formula is C16H23ClN2O. The first-order chi connectivity index (χ1) is 9.35. The van der Waals surface area contributed by atoms with E-state index in [1.807, 2.05) is 39.0 Å². The summed E-state index contributed by atoms with van der Waals surface area (Å²) >= 11 is 6.16. The summed E-state index contributed by atoms with van der Waals surface area (Å²) in [6.45, 7) is 6.44. The van der Waals surface area contributed by atoms with Crippen LogP contribution in [0.5, 0.6) is 5.75 Å². The van der Waals surface area contributed by atoms with Gasteiger partial charge in [-0.3, -0.25) is 0 Å². The fraction of sp³-hybridized carbons (Fsp3) is 0.562. The van der Waals surface area contributed by atoms with Crippen LogP contribution in [0.15, 0.2) is 18.2 Å². The molecule has 0 bridgehead atoms. The van der Waals surface area contributed by atoms with Gasteiger partial charge in [0.2, 0.25) is 0 Å². The van der Waals surface area contributed by atoms with Crippen molar-refractivity contribution in [1.82, 2.24) is 0 Å². The number of hydrogen-bond donors (Lipinski definition) is 1. The Morgan fingerprint density at radius 2 is 2.10 bits per heavy atom. The molecule has 0 aliphatic rings. The van der Waals surface area contributed by atoms with E-state index >= 15 is 0 Å². The van der Waals surface area contributed by atoms with Gasteiger partial charge >= 0.3 is 0 Å². The number of nitrogens with two attached hydrogens (primary N) is 1. The third kappa shape index (κ3) is 5.40. The van der Waals surface area contributed by atoms with E-state index < -0.39 is 0 Å². The Balaban J connectivity index is 2.38. The van der Waals surface area contributed by atoms with Crippen LogP contribution in [-0.4, -0.2) is 6.61 Å². The fourth-order valence-electron chi connectivity index (χ4n) is 1.82. The maximum absolute atomic E-state index is 8.93. The van der Waals surface area contributed by atoms with Gasteiger partial charge in [0, 0.05) is 6.04 Å². The Morgan fingerprint density at radius 3 is 2.65 bits per heavy atom. The standard InChI is InChI=1S/C16H23ClN2O/c1-12(19)13-6-7-15(14(17)10-13)20-9-5-4-8-16(2,3)11-18/h6-7,10,12H,4-5,8-9,19H2,1-3H3. The Bertz CT molecular complexity index is 478. The van der Waals surface area contributed by atoms with E-state index in [9.17, 15) is 0 Å². The molecule has 4 heteroatoms. The van der Waals surface area contributed by atoms with E-state index in [0.29, 0.717) is 17.4 Å². The lowest BCUT2D eigenvalue weighted by Gasteiger charge is -2.15. The van der Waals surface area contributed by atoms with Crippen molar-refractivity contribution in [2.45, 2.75) is 46.1 Å². The zero-order chi connectivity index (χ0) is 15.2. The zero-order valence-corrected chi connectivity index (χ0v) is 13.2. The molecule has 0 heterocycles. The summed E-state index contributed by atoms with van der Waals surface area (Å²) < 4.78 is 5.66. The molecule has 0 saturated heterocycles. The van der Waals surface area contributed by atoms with Crippen molar-refractivity contribution in [2.75, 3.05) is 6.61 Å². The topological polar surface area (TPSA) is 59.0 Å². The highest BCUT2D eigenvalue weighted by atomic mass is 35.5. The van der Waals surface area contributed by atoms with Crippen LogP contribution in [0.1, 0.15) is 51.6 Å². The number of rotatable bonds is 7. The van der Waals surface area contributed by atoms with Crippen LogP contribution in [0.3, 0.4) is 0 Å². The minimum absolute atomic E-state index is 0.0326. The molecule has 0 saturated carbocycles. The summed E-state index contributed by atoms with van der Waals surface area (Å²) in [4.78, 5) is 0. The number of ether oxygens (including phenoxy) is 1. The van der Waals surface area contributed by atoms with Crippen LogP contribution in [0.25, 0.3) is 0 Å². The summed E-state index contributed by atoms with van der Waals surface area (Å²) in [5, 5.41) is 9.52. The van der Waals surface area contributed by atoms with Crippen molar-refractivity contribution in [3.05, 3.63) is 28.8 Å². The molecule has 0 aromatic heterocycles. The summed E-state index contributed by atoms with van der Waals surface area (Å²) in [6, 6.07) is 7.91. The first-order valence-electron chi connectivity index (χ1n) is 6.95. The van der Waals surface area contributed by atoms with E-state index in [2.05, 4.69) is 6.07 Å². The predicted molar refractivity (Wildman–Crippen MR) is 82.8 cm³/mol. The average Bonchev–Trinajstić information content (AvgIpc) is 2.39. The van der Waals surface area contributed by atoms with Gasteiger partial charge in [0.15, 0.2) is 0 Å². The molecule has 0 radical (unpaired) electrons.